The Kier molecular flexibility index (Phi) is 5.49. The molecule has 0 bridgehead atoms. The molecule has 0 saturated heterocycles. The van der Waals surface area contributed by atoms with Gasteiger partial charge in [0, 0.05) is 12.6 Å². The van der Waals surface area contributed by atoms with Crippen molar-refractivity contribution in [1.29, 1.82) is 0 Å². The number of hydrogen-bond donors (Lipinski definition) is 1. The van der Waals surface area contributed by atoms with Gasteiger partial charge >= 0.3 is 0 Å². The summed E-state index contributed by atoms with van der Waals surface area (Å²) in [7, 11) is 0. The second-order valence-corrected chi connectivity index (χ2v) is 5.93. The van der Waals surface area contributed by atoms with Gasteiger partial charge in [-0.2, -0.15) is 0 Å². The number of nitrogens with two attached hydrogens (primary N) is 1. The maximum absolute atomic E-state index is 12.9. The van der Waals surface area contributed by atoms with E-state index in [1.54, 1.807) is 6.07 Å². The Bertz CT molecular complexity index is 401. The average molecular weight is 279 g/mol. The summed E-state index contributed by atoms with van der Waals surface area (Å²) in [5.74, 6) is 0.00301. The molecule has 0 radical (unpaired) electrons. The largest absolute Gasteiger partial charge is 0.322 e. The molecule has 0 amide bonds. The summed E-state index contributed by atoms with van der Waals surface area (Å²) >= 11 is 0. The lowest BCUT2D eigenvalue weighted by Crippen LogP contribution is -2.39. The van der Waals surface area contributed by atoms with E-state index in [1.807, 2.05) is 0 Å². The first-order chi connectivity index (χ1) is 9.61. The number of rotatable bonds is 6. The van der Waals surface area contributed by atoms with Crippen molar-refractivity contribution in [3.8, 4) is 0 Å². The van der Waals surface area contributed by atoms with Crippen molar-refractivity contribution in [2.24, 2.45) is 11.7 Å². The lowest BCUT2D eigenvalue weighted by atomic mass is 9.97. The summed E-state index contributed by atoms with van der Waals surface area (Å²) in [6.45, 7) is 6.43. The quantitative estimate of drug-likeness (QED) is 0.870. The maximum Gasteiger partial charge on any atom is 0.141 e. The van der Waals surface area contributed by atoms with Gasteiger partial charge in [0.05, 0.1) is 17.9 Å². The van der Waals surface area contributed by atoms with E-state index in [0.717, 1.165) is 24.8 Å². The van der Waals surface area contributed by atoms with Gasteiger partial charge < -0.3 is 10.6 Å². The van der Waals surface area contributed by atoms with Crippen LogP contribution < -0.4 is 5.73 Å². The van der Waals surface area contributed by atoms with Gasteiger partial charge in [0.2, 0.25) is 0 Å². The van der Waals surface area contributed by atoms with E-state index in [1.165, 1.54) is 37.9 Å². The predicted molar refractivity (Wildman–Crippen MR) is 79.8 cm³/mol. The maximum atomic E-state index is 12.9. The molecular weight excluding hydrogens is 253 g/mol. The van der Waals surface area contributed by atoms with Crippen LogP contribution in [0, 0.1) is 11.7 Å². The lowest BCUT2D eigenvalue weighted by molar-refractivity contribution is 0.171. The molecule has 1 aliphatic rings. The number of hydrogen-bond acceptors (Lipinski definition) is 3. The van der Waals surface area contributed by atoms with Gasteiger partial charge in [-0.15, -0.1) is 0 Å². The molecule has 1 saturated carbocycles. The number of halogens is 1. The van der Waals surface area contributed by atoms with E-state index >= 15 is 0 Å². The van der Waals surface area contributed by atoms with Crippen LogP contribution in [0.5, 0.6) is 0 Å². The van der Waals surface area contributed by atoms with E-state index < -0.39 is 0 Å². The smallest absolute Gasteiger partial charge is 0.141 e. The van der Waals surface area contributed by atoms with Crippen molar-refractivity contribution in [3.05, 3.63) is 29.8 Å². The Balaban J connectivity index is 1.95. The van der Waals surface area contributed by atoms with Crippen LogP contribution in [0.25, 0.3) is 0 Å². The van der Waals surface area contributed by atoms with Gasteiger partial charge in [-0.05, 0) is 37.4 Å². The monoisotopic (exact) mass is 279 g/mol. The van der Waals surface area contributed by atoms with Gasteiger partial charge in [0.15, 0.2) is 0 Å². The summed E-state index contributed by atoms with van der Waals surface area (Å²) < 4.78 is 12.9. The first kappa shape index (κ1) is 15.4. The average Bonchev–Trinajstić information content (AvgIpc) is 2.98. The van der Waals surface area contributed by atoms with Crippen LogP contribution in [0.2, 0.25) is 0 Å². The molecule has 112 valence electrons. The summed E-state index contributed by atoms with van der Waals surface area (Å²) in [4.78, 5) is 6.65. The molecule has 0 spiro atoms. The third-order valence-corrected chi connectivity index (χ3v) is 4.47. The first-order valence-corrected chi connectivity index (χ1v) is 7.73. The molecule has 1 aliphatic carbocycles. The molecule has 0 aromatic carbocycles. The molecule has 2 rings (SSSR count). The van der Waals surface area contributed by atoms with Crippen molar-refractivity contribution in [2.75, 3.05) is 13.1 Å². The van der Waals surface area contributed by atoms with Crippen LogP contribution in [0.4, 0.5) is 4.39 Å². The standard InChI is InChI=1S/C16H26FN3/c1-3-20(14-6-4-5-7-14)11-12(2)16(18)15-9-8-13(17)10-19-15/h8-10,12,14,16H,3-7,11,18H2,1-2H3. The highest BCUT2D eigenvalue weighted by atomic mass is 19.1. The molecule has 1 heterocycles. The Labute approximate surface area is 121 Å². The molecule has 0 aliphatic heterocycles. The first-order valence-electron chi connectivity index (χ1n) is 7.73. The van der Waals surface area contributed by atoms with Gasteiger partial charge in [0.25, 0.3) is 0 Å². The van der Waals surface area contributed by atoms with E-state index in [4.69, 9.17) is 5.73 Å². The van der Waals surface area contributed by atoms with Crippen LogP contribution >= 0.6 is 0 Å². The van der Waals surface area contributed by atoms with Gasteiger partial charge in [0.1, 0.15) is 5.82 Å². The molecule has 1 fully saturated rings. The minimum Gasteiger partial charge on any atom is -0.322 e. The second kappa shape index (κ2) is 7.14. The minimum absolute atomic E-state index is 0.133. The zero-order valence-corrected chi connectivity index (χ0v) is 12.6. The molecule has 2 N–H and O–H groups in total. The minimum atomic E-state index is -0.310. The van der Waals surface area contributed by atoms with Gasteiger partial charge in [-0.25, -0.2) is 4.39 Å². The Hall–Kier alpha value is -1.00. The van der Waals surface area contributed by atoms with Crippen LogP contribution in [0.15, 0.2) is 18.3 Å². The normalized spacial score (nSPS) is 19.4. The Morgan fingerprint density at radius 2 is 2.10 bits per heavy atom. The number of aromatic nitrogens is 1. The molecule has 20 heavy (non-hydrogen) atoms. The van der Waals surface area contributed by atoms with Crippen molar-refractivity contribution >= 4 is 0 Å². The zero-order chi connectivity index (χ0) is 14.5. The Morgan fingerprint density at radius 3 is 2.65 bits per heavy atom. The summed E-state index contributed by atoms with van der Waals surface area (Å²) in [5.41, 5.74) is 7.06. The highest BCUT2D eigenvalue weighted by Crippen LogP contribution is 2.26. The Morgan fingerprint density at radius 1 is 1.40 bits per heavy atom. The van der Waals surface area contributed by atoms with Crippen LogP contribution in [0.3, 0.4) is 0 Å². The van der Waals surface area contributed by atoms with Crippen LogP contribution in [-0.2, 0) is 0 Å². The van der Waals surface area contributed by atoms with Gasteiger partial charge in [-0.1, -0.05) is 26.7 Å². The highest BCUT2D eigenvalue weighted by Gasteiger charge is 2.25. The number of pyridine rings is 1. The van der Waals surface area contributed by atoms with Crippen molar-refractivity contribution < 1.29 is 4.39 Å². The summed E-state index contributed by atoms with van der Waals surface area (Å²) in [6.07, 6.45) is 6.56. The van der Waals surface area contributed by atoms with Crippen LogP contribution in [0.1, 0.15) is 51.3 Å². The van der Waals surface area contributed by atoms with E-state index in [-0.39, 0.29) is 11.9 Å². The van der Waals surface area contributed by atoms with Crippen molar-refractivity contribution in [1.82, 2.24) is 9.88 Å². The number of nitrogens with zero attached hydrogens (tertiary/aromatic N) is 2. The van der Waals surface area contributed by atoms with E-state index in [0.29, 0.717) is 5.92 Å². The zero-order valence-electron chi connectivity index (χ0n) is 12.6. The molecule has 1 aromatic rings. The van der Waals surface area contributed by atoms with Crippen LogP contribution in [-0.4, -0.2) is 29.0 Å². The van der Waals surface area contributed by atoms with Gasteiger partial charge in [-0.3, -0.25) is 4.98 Å². The summed E-state index contributed by atoms with van der Waals surface area (Å²) in [5, 5.41) is 0. The fourth-order valence-corrected chi connectivity index (χ4v) is 3.17. The highest BCUT2D eigenvalue weighted by molar-refractivity contribution is 5.10. The molecule has 3 nitrogen and oxygen atoms in total. The van der Waals surface area contributed by atoms with Crippen molar-refractivity contribution in [3.63, 3.8) is 0 Å². The molecule has 4 heteroatoms. The van der Waals surface area contributed by atoms with E-state index in [9.17, 15) is 4.39 Å². The third-order valence-electron chi connectivity index (χ3n) is 4.47. The molecule has 2 atom stereocenters. The fourth-order valence-electron chi connectivity index (χ4n) is 3.17. The lowest BCUT2D eigenvalue weighted by Gasteiger charge is -2.32. The van der Waals surface area contributed by atoms with E-state index in [2.05, 4.69) is 23.7 Å². The molecule has 2 unspecified atom stereocenters. The third kappa shape index (κ3) is 3.76. The summed E-state index contributed by atoms with van der Waals surface area (Å²) in [6, 6.07) is 3.72. The van der Waals surface area contributed by atoms with Crippen molar-refractivity contribution in [2.45, 2.75) is 51.6 Å². The SMILES string of the molecule is CCN(CC(C)C(N)c1ccc(F)cn1)C1CCCC1. The predicted octanol–water partition coefficient (Wildman–Crippen LogP) is 3.12. The second-order valence-electron chi connectivity index (χ2n) is 5.93. The topological polar surface area (TPSA) is 42.1 Å². The molecular formula is C16H26FN3. The fraction of sp³-hybridized carbons (Fsp3) is 0.688. The molecule has 1 aromatic heterocycles.